The van der Waals surface area contributed by atoms with Crippen LogP contribution >= 0.6 is 0 Å². The van der Waals surface area contributed by atoms with E-state index in [4.69, 9.17) is 9.84 Å². The number of nitrogens with one attached hydrogen (secondary N) is 1. The van der Waals surface area contributed by atoms with Crippen LogP contribution in [-0.4, -0.2) is 47.3 Å². The molecule has 1 aliphatic heterocycles. The van der Waals surface area contributed by atoms with Crippen molar-refractivity contribution in [3.8, 4) is 11.1 Å². The number of carboxylic acids is 1. The minimum Gasteiger partial charge on any atom is -0.478 e. The SMILES string of the molecule is O=C(O)c1ccc2c(-c3ccc(N4CCOCC4)nc3)c[nH]c2c1. The zero-order valence-electron chi connectivity index (χ0n) is 13.0. The minimum atomic E-state index is -0.926. The molecule has 2 N–H and O–H groups in total. The van der Waals surface area contributed by atoms with Crippen molar-refractivity contribution in [3.05, 3.63) is 48.3 Å². The van der Waals surface area contributed by atoms with E-state index in [1.807, 2.05) is 30.6 Å². The summed E-state index contributed by atoms with van der Waals surface area (Å²) < 4.78 is 5.36. The van der Waals surface area contributed by atoms with Crippen molar-refractivity contribution in [2.24, 2.45) is 0 Å². The Labute approximate surface area is 138 Å². The van der Waals surface area contributed by atoms with E-state index >= 15 is 0 Å². The van der Waals surface area contributed by atoms with E-state index in [2.05, 4.69) is 14.9 Å². The van der Waals surface area contributed by atoms with Crippen LogP contribution in [0.5, 0.6) is 0 Å². The Morgan fingerprint density at radius 2 is 2.04 bits per heavy atom. The molecule has 1 aromatic carbocycles. The van der Waals surface area contributed by atoms with E-state index in [1.165, 1.54) is 0 Å². The monoisotopic (exact) mass is 323 g/mol. The lowest BCUT2D eigenvalue weighted by atomic mass is 10.1. The Kier molecular flexibility index (Phi) is 3.66. The molecule has 24 heavy (non-hydrogen) atoms. The Morgan fingerprint density at radius 3 is 2.75 bits per heavy atom. The standard InChI is InChI=1S/C18H17N3O3/c22-18(23)12-1-3-14-15(11-19-16(14)9-12)13-2-4-17(20-10-13)21-5-7-24-8-6-21/h1-4,9-11,19H,5-8H2,(H,22,23). The number of nitrogens with zero attached hydrogens (tertiary/aromatic N) is 2. The number of carbonyl (C=O) groups is 1. The highest BCUT2D eigenvalue weighted by atomic mass is 16.5. The maximum atomic E-state index is 11.1. The molecule has 0 aliphatic carbocycles. The molecule has 0 bridgehead atoms. The third kappa shape index (κ3) is 2.61. The van der Waals surface area contributed by atoms with Gasteiger partial charge in [-0.05, 0) is 24.3 Å². The molecule has 1 saturated heterocycles. The van der Waals surface area contributed by atoms with E-state index in [0.29, 0.717) is 0 Å². The van der Waals surface area contributed by atoms with Crippen LogP contribution in [0.2, 0.25) is 0 Å². The summed E-state index contributed by atoms with van der Waals surface area (Å²) in [6.07, 6.45) is 3.75. The molecule has 0 spiro atoms. The summed E-state index contributed by atoms with van der Waals surface area (Å²) in [7, 11) is 0. The van der Waals surface area contributed by atoms with Gasteiger partial charge in [0.05, 0.1) is 18.8 Å². The number of morpholine rings is 1. The number of aromatic nitrogens is 2. The predicted octanol–water partition coefficient (Wildman–Crippen LogP) is 2.76. The maximum Gasteiger partial charge on any atom is 0.335 e. The number of pyridine rings is 1. The highest BCUT2D eigenvalue weighted by Crippen LogP contribution is 2.29. The number of fused-ring (bicyclic) bond motifs is 1. The van der Waals surface area contributed by atoms with Crippen LogP contribution in [-0.2, 0) is 4.74 Å². The highest BCUT2D eigenvalue weighted by molar-refractivity contribution is 5.99. The molecule has 0 radical (unpaired) electrons. The topological polar surface area (TPSA) is 78.4 Å². The fourth-order valence-corrected chi connectivity index (χ4v) is 3.02. The molecule has 6 nitrogen and oxygen atoms in total. The van der Waals surface area contributed by atoms with Gasteiger partial charge >= 0.3 is 5.97 Å². The van der Waals surface area contributed by atoms with Crippen LogP contribution < -0.4 is 4.90 Å². The smallest absolute Gasteiger partial charge is 0.335 e. The van der Waals surface area contributed by atoms with E-state index in [0.717, 1.165) is 54.2 Å². The first-order chi connectivity index (χ1) is 11.7. The molecule has 3 aromatic rings. The number of ether oxygens (including phenoxy) is 1. The van der Waals surface area contributed by atoms with Crippen LogP contribution in [0.25, 0.3) is 22.0 Å². The summed E-state index contributed by atoms with van der Waals surface area (Å²) in [6.45, 7) is 3.18. The number of aromatic amines is 1. The summed E-state index contributed by atoms with van der Waals surface area (Å²) in [5, 5.41) is 10.1. The second-order valence-corrected chi connectivity index (χ2v) is 5.77. The molecule has 4 rings (SSSR count). The van der Waals surface area contributed by atoms with E-state index in [1.54, 1.807) is 12.1 Å². The summed E-state index contributed by atoms with van der Waals surface area (Å²) in [6, 6.07) is 9.17. The number of hydrogen-bond donors (Lipinski definition) is 2. The van der Waals surface area contributed by atoms with Gasteiger partial charge in [-0.1, -0.05) is 6.07 Å². The number of anilines is 1. The van der Waals surface area contributed by atoms with Gasteiger partial charge in [0.2, 0.25) is 0 Å². The largest absolute Gasteiger partial charge is 0.478 e. The Balaban J connectivity index is 1.66. The first kappa shape index (κ1) is 14.7. The Bertz CT molecular complexity index is 880. The van der Waals surface area contributed by atoms with E-state index in [9.17, 15) is 4.79 Å². The average molecular weight is 323 g/mol. The number of rotatable bonds is 3. The lowest BCUT2D eigenvalue weighted by Gasteiger charge is -2.27. The van der Waals surface area contributed by atoms with Gasteiger partial charge in [0.25, 0.3) is 0 Å². The maximum absolute atomic E-state index is 11.1. The summed E-state index contributed by atoms with van der Waals surface area (Å²) in [4.78, 5) is 21.0. The van der Waals surface area contributed by atoms with Crippen LogP contribution in [0.15, 0.2) is 42.7 Å². The van der Waals surface area contributed by atoms with Crippen LogP contribution in [0.3, 0.4) is 0 Å². The van der Waals surface area contributed by atoms with Crippen molar-refractivity contribution < 1.29 is 14.6 Å². The number of carboxylic acid groups (broad SMARTS) is 1. The van der Waals surface area contributed by atoms with Crippen molar-refractivity contribution in [1.29, 1.82) is 0 Å². The molecular weight excluding hydrogens is 306 g/mol. The normalized spacial score (nSPS) is 14.9. The Hall–Kier alpha value is -2.86. The summed E-state index contributed by atoms with van der Waals surface area (Å²) >= 11 is 0. The van der Waals surface area contributed by atoms with Gasteiger partial charge in [-0.15, -0.1) is 0 Å². The van der Waals surface area contributed by atoms with Crippen molar-refractivity contribution in [2.75, 3.05) is 31.2 Å². The van der Waals surface area contributed by atoms with Gasteiger partial charge in [0.15, 0.2) is 0 Å². The first-order valence-electron chi connectivity index (χ1n) is 7.86. The zero-order chi connectivity index (χ0) is 16.5. The predicted molar refractivity (Wildman–Crippen MR) is 91.5 cm³/mol. The van der Waals surface area contributed by atoms with Gasteiger partial charge < -0.3 is 19.7 Å². The van der Waals surface area contributed by atoms with Gasteiger partial charge in [0, 0.05) is 47.5 Å². The van der Waals surface area contributed by atoms with Crippen LogP contribution in [0.4, 0.5) is 5.82 Å². The molecule has 6 heteroatoms. The molecule has 0 amide bonds. The molecule has 3 heterocycles. The molecule has 0 unspecified atom stereocenters. The number of aromatic carboxylic acids is 1. The van der Waals surface area contributed by atoms with Gasteiger partial charge in [0.1, 0.15) is 5.82 Å². The minimum absolute atomic E-state index is 0.275. The number of benzene rings is 1. The van der Waals surface area contributed by atoms with Gasteiger partial charge in [-0.3, -0.25) is 0 Å². The molecule has 1 fully saturated rings. The molecular formula is C18H17N3O3. The summed E-state index contributed by atoms with van der Waals surface area (Å²) in [5.74, 6) is 0.0274. The van der Waals surface area contributed by atoms with Crippen LogP contribution in [0.1, 0.15) is 10.4 Å². The molecule has 0 saturated carbocycles. The fraction of sp³-hybridized carbons (Fsp3) is 0.222. The second-order valence-electron chi connectivity index (χ2n) is 5.77. The summed E-state index contributed by atoms with van der Waals surface area (Å²) in [5.41, 5.74) is 3.10. The fourth-order valence-electron chi connectivity index (χ4n) is 3.02. The Morgan fingerprint density at radius 1 is 1.21 bits per heavy atom. The van der Waals surface area contributed by atoms with E-state index < -0.39 is 5.97 Å². The van der Waals surface area contributed by atoms with Crippen LogP contribution in [0, 0.1) is 0 Å². The number of hydrogen-bond acceptors (Lipinski definition) is 4. The molecule has 2 aromatic heterocycles. The van der Waals surface area contributed by atoms with Gasteiger partial charge in [-0.2, -0.15) is 0 Å². The van der Waals surface area contributed by atoms with Crippen molar-refractivity contribution in [2.45, 2.75) is 0 Å². The second kappa shape index (κ2) is 5.98. The van der Waals surface area contributed by atoms with Crippen molar-refractivity contribution in [1.82, 2.24) is 9.97 Å². The quantitative estimate of drug-likeness (QED) is 0.775. The van der Waals surface area contributed by atoms with Gasteiger partial charge in [-0.25, -0.2) is 9.78 Å². The first-order valence-corrected chi connectivity index (χ1v) is 7.86. The average Bonchev–Trinajstić information content (AvgIpc) is 3.06. The number of H-pyrrole nitrogens is 1. The zero-order valence-corrected chi connectivity index (χ0v) is 13.0. The lowest BCUT2D eigenvalue weighted by molar-refractivity contribution is 0.0697. The molecule has 0 atom stereocenters. The molecule has 122 valence electrons. The molecule has 1 aliphatic rings. The lowest BCUT2D eigenvalue weighted by Crippen LogP contribution is -2.36. The highest BCUT2D eigenvalue weighted by Gasteiger charge is 2.13. The van der Waals surface area contributed by atoms with Crippen molar-refractivity contribution >= 4 is 22.7 Å². The third-order valence-electron chi connectivity index (χ3n) is 4.32. The third-order valence-corrected chi connectivity index (χ3v) is 4.32. The van der Waals surface area contributed by atoms with Crippen molar-refractivity contribution in [3.63, 3.8) is 0 Å². The van der Waals surface area contributed by atoms with E-state index in [-0.39, 0.29) is 5.56 Å².